The van der Waals surface area contributed by atoms with Crippen molar-refractivity contribution in [1.29, 1.82) is 0 Å². The standard InChI is InChI=1S/C25H44OSi/c1-10-11-12-23-20(5)24(26-27(7,8)9)17-21-15-14-19(4)22(25(21,23)6)16-13-18(2)3/h10,19,21-23H,1-2,11-17H2,3-9H3/t19-,21+,22+,23+,25+/m0/s1. The second-order valence-corrected chi connectivity index (χ2v) is 15.1. The lowest BCUT2D eigenvalue weighted by Crippen LogP contribution is -2.51. The molecule has 2 heteroatoms. The van der Waals surface area contributed by atoms with Crippen molar-refractivity contribution in [3.8, 4) is 0 Å². The molecule has 0 heterocycles. The van der Waals surface area contributed by atoms with Crippen molar-refractivity contribution in [3.05, 3.63) is 36.1 Å². The summed E-state index contributed by atoms with van der Waals surface area (Å²) in [6.07, 6.45) is 10.8. The van der Waals surface area contributed by atoms with E-state index in [4.69, 9.17) is 4.43 Å². The summed E-state index contributed by atoms with van der Waals surface area (Å²) in [6, 6.07) is 0. The molecule has 0 bridgehead atoms. The average molecular weight is 389 g/mol. The monoisotopic (exact) mass is 388 g/mol. The lowest BCUT2D eigenvalue weighted by atomic mass is 9.47. The van der Waals surface area contributed by atoms with Crippen LogP contribution in [0.1, 0.15) is 72.6 Å². The number of hydrogen-bond donors (Lipinski definition) is 0. The maximum Gasteiger partial charge on any atom is 0.241 e. The number of rotatable bonds is 8. The molecule has 0 N–H and O–H groups in total. The van der Waals surface area contributed by atoms with E-state index in [1.807, 2.05) is 0 Å². The molecule has 0 unspecified atom stereocenters. The van der Waals surface area contributed by atoms with E-state index in [1.54, 1.807) is 5.57 Å². The molecule has 2 aliphatic rings. The molecule has 0 aliphatic heterocycles. The van der Waals surface area contributed by atoms with Gasteiger partial charge in [0.2, 0.25) is 8.32 Å². The third-order valence-electron chi connectivity index (χ3n) is 7.45. The van der Waals surface area contributed by atoms with Crippen LogP contribution in [0.25, 0.3) is 0 Å². The quantitative estimate of drug-likeness (QED) is 0.301. The van der Waals surface area contributed by atoms with Gasteiger partial charge in [0, 0.05) is 6.42 Å². The molecule has 0 radical (unpaired) electrons. The normalized spacial score (nSPS) is 34.2. The highest BCUT2D eigenvalue weighted by Gasteiger charge is 2.54. The molecule has 2 aliphatic carbocycles. The van der Waals surface area contributed by atoms with Crippen LogP contribution in [0.2, 0.25) is 19.6 Å². The van der Waals surface area contributed by atoms with Crippen LogP contribution >= 0.6 is 0 Å². The molecule has 1 nitrogen and oxygen atoms in total. The molecule has 1 fully saturated rings. The minimum Gasteiger partial charge on any atom is -0.547 e. The Labute approximate surface area is 170 Å². The lowest BCUT2D eigenvalue weighted by Gasteiger charge is -2.58. The zero-order valence-electron chi connectivity index (χ0n) is 19.2. The molecule has 1 saturated carbocycles. The van der Waals surface area contributed by atoms with Crippen LogP contribution in [0.5, 0.6) is 0 Å². The van der Waals surface area contributed by atoms with Gasteiger partial charge in [-0.25, -0.2) is 0 Å². The first-order valence-electron chi connectivity index (χ1n) is 11.1. The van der Waals surface area contributed by atoms with Gasteiger partial charge in [0.15, 0.2) is 0 Å². The molecule has 5 atom stereocenters. The summed E-state index contributed by atoms with van der Waals surface area (Å²) in [5.74, 6) is 4.32. The molecule has 2 rings (SSSR count). The number of fused-ring (bicyclic) bond motifs is 1. The van der Waals surface area contributed by atoms with Crippen LogP contribution in [-0.4, -0.2) is 8.32 Å². The van der Waals surface area contributed by atoms with Gasteiger partial charge in [-0.15, -0.1) is 13.2 Å². The van der Waals surface area contributed by atoms with Gasteiger partial charge in [-0.05, 0) is 100 Å². The van der Waals surface area contributed by atoms with Crippen LogP contribution in [-0.2, 0) is 4.43 Å². The van der Waals surface area contributed by atoms with E-state index in [1.165, 1.54) is 43.4 Å². The van der Waals surface area contributed by atoms with E-state index >= 15 is 0 Å². The fourth-order valence-electron chi connectivity index (χ4n) is 6.10. The summed E-state index contributed by atoms with van der Waals surface area (Å²) in [5, 5.41) is 0. The van der Waals surface area contributed by atoms with E-state index in [9.17, 15) is 0 Å². The van der Waals surface area contributed by atoms with Crippen molar-refractivity contribution in [1.82, 2.24) is 0 Å². The Hall–Kier alpha value is -0.763. The van der Waals surface area contributed by atoms with Crippen molar-refractivity contribution in [2.45, 2.75) is 92.3 Å². The Kier molecular flexibility index (Phi) is 7.27. The van der Waals surface area contributed by atoms with Crippen LogP contribution in [0.4, 0.5) is 0 Å². The summed E-state index contributed by atoms with van der Waals surface area (Å²) in [4.78, 5) is 0. The Balaban J connectivity index is 2.45. The summed E-state index contributed by atoms with van der Waals surface area (Å²) in [7, 11) is -1.58. The van der Waals surface area contributed by atoms with Gasteiger partial charge >= 0.3 is 0 Å². The topological polar surface area (TPSA) is 9.23 Å². The number of allylic oxidation sites excluding steroid dienone is 4. The first-order chi connectivity index (χ1) is 12.5. The molecule has 0 aromatic rings. The smallest absolute Gasteiger partial charge is 0.241 e. The molecule has 27 heavy (non-hydrogen) atoms. The summed E-state index contributed by atoms with van der Waals surface area (Å²) >= 11 is 0. The van der Waals surface area contributed by atoms with Gasteiger partial charge < -0.3 is 4.43 Å². The minimum absolute atomic E-state index is 0.381. The molecular weight excluding hydrogens is 344 g/mol. The second kappa shape index (κ2) is 8.72. The van der Waals surface area contributed by atoms with Gasteiger partial charge in [0.1, 0.15) is 0 Å². The maximum atomic E-state index is 6.63. The third-order valence-corrected chi connectivity index (χ3v) is 8.31. The molecule has 0 amide bonds. The molecule has 0 saturated heterocycles. The van der Waals surface area contributed by atoms with Gasteiger partial charge in [0.05, 0.1) is 5.76 Å². The van der Waals surface area contributed by atoms with Crippen molar-refractivity contribution in [2.24, 2.45) is 29.1 Å². The van der Waals surface area contributed by atoms with E-state index in [-0.39, 0.29) is 0 Å². The van der Waals surface area contributed by atoms with Crippen molar-refractivity contribution in [2.75, 3.05) is 0 Å². The van der Waals surface area contributed by atoms with E-state index in [2.05, 4.69) is 66.6 Å². The Morgan fingerprint density at radius 1 is 1.26 bits per heavy atom. The summed E-state index contributed by atoms with van der Waals surface area (Å²) in [6.45, 7) is 24.8. The maximum absolute atomic E-state index is 6.63. The van der Waals surface area contributed by atoms with E-state index in [0.717, 1.165) is 30.6 Å². The SMILES string of the molecule is C=CCC[C@@H]1C(C)=C(O[Si](C)(C)C)C[C@H]2CC[C@H](C)[C@@H](CCC(=C)C)[C@@]21C. The van der Waals surface area contributed by atoms with E-state index < -0.39 is 8.32 Å². The zero-order valence-corrected chi connectivity index (χ0v) is 20.2. The number of hydrogen-bond acceptors (Lipinski definition) is 1. The van der Waals surface area contributed by atoms with Gasteiger partial charge in [-0.2, -0.15) is 0 Å². The Bertz CT molecular complexity index is 582. The van der Waals surface area contributed by atoms with Crippen LogP contribution < -0.4 is 0 Å². The van der Waals surface area contributed by atoms with Crippen LogP contribution in [0.15, 0.2) is 36.1 Å². The zero-order chi connectivity index (χ0) is 20.4. The second-order valence-electron chi connectivity index (χ2n) is 10.7. The van der Waals surface area contributed by atoms with Crippen molar-refractivity contribution in [3.63, 3.8) is 0 Å². The van der Waals surface area contributed by atoms with Crippen molar-refractivity contribution >= 4 is 8.32 Å². The van der Waals surface area contributed by atoms with Crippen LogP contribution in [0.3, 0.4) is 0 Å². The van der Waals surface area contributed by atoms with Gasteiger partial charge in [-0.1, -0.05) is 31.9 Å². The lowest BCUT2D eigenvalue weighted by molar-refractivity contribution is -0.0568. The van der Waals surface area contributed by atoms with Crippen molar-refractivity contribution < 1.29 is 4.43 Å². The fourth-order valence-corrected chi connectivity index (χ4v) is 7.09. The summed E-state index contributed by atoms with van der Waals surface area (Å²) < 4.78 is 6.63. The molecule has 0 aromatic heterocycles. The molecule has 0 aromatic carbocycles. The minimum atomic E-state index is -1.58. The van der Waals surface area contributed by atoms with E-state index in [0.29, 0.717) is 11.3 Å². The first kappa shape index (κ1) is 22.5. The molecule has 154 valence electrons. The molecule has 0 spiro atoms. The first-order valence-corrected chi connectivity index (χ1v) is 14.6. The van der Waals surface area contributed by atoms with Crippen LogP contribution in [0, 0.1) is 29.1 Å². The third kappa shape index (κ3) is 4.99. The fraction of sp³-hybridized carbons (Fsp3) is 0.760. The largest absolute Gasteiger partial charge is 0.547 e. The predicted octanol–water partition coefficient (Wildman–Crippen LogP) is 8.12. The predicted molar refractivity (Wildman–Crippen MR) is 122 cm³/mol. The molecular formula is C25H44OSi. The average Bonchev–Trinajstić information content (AvgIpc) is 2.54. The highest BCUT2D eigenvalue weighted by atomic mass is 28.4. The van der Waals surface area contributed by atoms with Gasteiger partial charge in [-0.3, -0.25) is 0 Å². The summed E-state index contributed by atoms with van der Waals surface area (Å²) in [5.41, 5.74) is 3.26. The Morgan fingerprint density at radius 3 is 2.48 bits per heavy atom. The highest BCUT2D eigenvalue weighted by Crippen LogP contribution is 2.61. The van der Waals surface area contributed by atoms with Gasteiger partial charge in [0.25, 0.3) is 0 Å². The Morgan fingerprint density at radius 2 is 1.93 bits per heavy atom. The highest BCUT2D eigenvalue weighted by molar-refractivity contribution is 6.70.